The van der Waals surface area contributed by atoms with Crippen molar-refractivity contribution in [2.24, 2.45) is 5.92 Å². The fourth-order valence-corrected chi connectivity index (χ4v) is 4.47. The first-order valence-electron chi connectivity index (χ1n) is 11.7. The molecular formula is C26H37N3O6S. The number of rotatable bonds is 12. The Kier molecular flexibility index (Phi) is 10.2. The summed E-state index contributed by atoms with van der Waals surface area (Å²) in [6, 6.07) is 11.5. The molecule has 0 radical (unpaired) electrons. The van der Waals surface area contributed by atoms with Crippen LogP contribution in [-0.4, -0.2) is 64.7 Å². The van der Waals surface area contributed by atoms with Crippen LogP contribution in [0.15, 0.2) is 42.5 Å². The molecule has 0 aliphatic rings. The third kappa shape index (κ3) is 7.87. The highest BCUT2D eigenvalue weighted by Gasteiger charge is 2.31. The standard InChI is InChI=1S/C26H37N3O6S/c1-18(2)15-27-26(31)20(4)28(16-21-10-8-9-19(3)13-21)25(30)17-29(36(7,32)33)23-14-22(34-5)11-12-24(23)35-6/h8-14,18,20H,15-17H2,1-7H3,(H,27,31)/t20-/m1/s1. The van der Waals surface area contributed by atoms with E-state index in [0.29, 0.717) is 12.3 Å². The molecule has 0 heterocycles. The molecule has 0 aliphatic carbocycles. The smallest absolute Gasteiger partial charge is 0.244 e. The van der Waals surface area contributed by atoms with E-state index in [4.69, 9.17) is 9.47 Å². The van der Waals surface area contributed by atoms with E-state index in [1.54, 1.807) is 19.1 Å². The fourth-order valence-electron chi connectivity index (χ4n) is 3.63. The summed E-state index contributed by atoms with van der Waals surface area (Å²) in [5.74, 6) is 0.0730. The summed E-state index contributed by atoms with van der Waals surface area (Å²) in [6.45, 7) is 7.62. The van der Waals surface area contributed by atoms with Crippen molar-refractivity contribution in [2.45, 2.75) is 40.3 Å². The van der Waals surface area contributed by atoms with Gasteiger partial charge in [-0.05, 0) is 37.5 Å². The fraction of sp³-hybridized carbons (Fsp3) is 0.462. The van der Waals surface area contributed by atoms with Crippen LogP contribution >= 0.6 is 0 Å². The number of nitrogens with zero attached hydrogens (tertiary/aromatic N) is 2. The first-order chi connectivity index (χ1) is 16.9. The normalized spacial score (nSPS) is 12.1. The number of anilines is 1. The number of benzene rings is 2. The van der Waals surface area contributed by atoms with Crippen LogP contribution in [0.25, 0.3) is 0 Å². The number of nitrogens with one attached hydrogen (secondary N) is 1. The average Bonchev–Trinajstić information content (AvgIpc) is 2.82. The molecular weight excluding hydrogens is 482 g/mol. The van der Waals surface area contributed by atoms with Gasteiger partial charge in [0, 0.05) is 19.2 Å². The van der Waals surface area contributed by atoms with E-state index in [9.17, 15) is 18.0 Å². The van der Waals surface area contributed by atoms with Gasteiger partial charge < -0.3 is 19.7 Å². The van der Waals surface area contributed by atoms with Gasteiger partial charge in [-0.1, -0.05) is 43.7 Å². The molecule has 10 heteroatoms. The van der Waals surface area contributed by atoms with E-state index >= 15 is 0 Å². The van der Waals surface area contributed by atoms with E-state index in [1.165, 1.54) is 25.2 Å². The van der Waals surface area contributed by atoms with Gasteiger partial charge in [0.1, 0.15) is 24.1 Å². The number of carbonyl (C=O) groups is 2. The minimum Gasteiger partial charge on any atom is -0.497 e. The number of methoxy groups -OCH3 is 2. The Balaban J connectivity index is 2.46. The molecule has 0 bridgehead atoms. The highest BCUT2D eigenvalue weighted by Crippen LogP contribution is 2.34. The Morgan fingerprint density at radius 3 is 2.28 bits per heavy atom. The second kappa shape index (κ2) is 12.6. The summed E-state index contributed by atoms with van der Waals surface area (Å²) < 4.78 is 37.2. The van der Waals surface area contributed by atoms with Crippen LogP contribution in [0.4, 0.5) is 5.69 Å². The maximum Gasteiger partial charge on any atom is 0.244 e. The zero-order valence-electron chi connectivity index (χ0n) is 22.1. The lowest BCUT2D eigenvalue weighted by molar-refractivity contribution is -0.139. The van der Waals surface area contributed by atoms with Crippen LogP contribution in [0.5, 0.6) is 11.5 Å². The largest absolute Gasteiger partial charge is 0.497 e. The van der Waals surface area contributed by atoms with E-state index in [0.717, 1.165) is 21.7 Å². The molecule has 1 atom stereocenters. The first kappa shape index (κ1) is 29.0. The Labute approximate surface area is 214 Å². The molecule has 2 aromatic rings. The molecule has 0 spiro atoms. The topological polar surface area (TPSA) is 105 Å². The van der Waals surface area contributed by atoms with Gasteiger partial charge in [0.2, 0.25) is 21.8 Å². The summed E-state index contributed by atoms with van der Waals surface area (Å²) in [5.41, 5.74) is 2.01. The lowest BCUT2D eigenvalue weighted by atomic mass is 10.1. The minimum atomic E-state index is -3.90. The highest BCUT2D eigenvalue weighted by molar-refractivity contribution is 7.92. The van der Waals surface area contributed by atoms with Gasteiger partial charge >= 0.3 is 0 Å². The van der Waals surface area contributed by atoms with Crippen molar-refractivity contribution in [3.63, 3.8) is 0 Å². The third-order valence-corrected chi connectivity index (χ3v) is 6.75. The third-order valence-electron chi connectivity index (χ3n) is 5.62. The van der Waals surface area contributed by atoms with Crippen molar-refractivity contribution in [1.82, 2.24) is 10.2 Å². The number of hydrogen-bond donors (Lipinski definition) is 1. The molecule has 0 unspecified atom stereocenters. The molecule has 0 aliphatic heterocycles. The van der Waals surface area contributed by atoms with E-state index in [-0.39, 0.29) is 29.8 Å². The molecule has 1 N–H and O–H groups in total. The Bertz CT molecular complexity index is 1170. The van der Waals surface area contributed by atoms with Crippen LogP contribution in [0.2, 0.25) is 0 Å². The van der Waals surface area contributed by atoms with E-state index in [1.807, 2.05) is 45.0 Å². The number of amides is 2. The predicted molar refractivity (Wildman–Crippen MR) is 141 cm³/mol. The number of sulfonamides is 1. The Hall–Kier alpha value is -3.27. The Morgan fingerprint density at radius 1 is 1.03 bits per heavy atom. The summed E-state index contributed by atoms with van der Waals surface area (Å²) >= 11 is 0. The number of ether oxygens (including phenoxy) is 2. The van der Waals surface area contributed by atoms with Crippen molar-refractivity contribution in [3.8, 4) is 11.5 Å². The van der Waals surface area contributed by atoms with Gasteiger partial charge in [0.05, 0.1) is 26.2 Å². The number of hydrogen-bond acceptors (Lipinski definition) is 6. The first-order valence-corrected chi connectivity index (χ1v) is 13.5. The van der Waals surface area contributed by atoms with Crippen LogP contribution in [0.3, 0.4) is 0 Å². The van der Waals surface area contributed by atoms with Crippen LogP contribution in [0.1, 0.15) is 31.9 Å². The van der Waals surface area contributed by atoms with Crippen molar-refractivity contribution >= 4 is 27.5 Å². The summed E-state index contributed by atoms with van der Waals surface area (Å²) in [4.78, 5) is 28.0. The zero-order valence-corrected chi connectivity index (χ0v) is 22.9. The SMILES string of the molecule is COc1ccc(OC)c(N(CC(=O)N(Cc2cccc(C)c2)[C@H](C)C(=O)NCC(C)C)S(C)(=O)=O)c1. The molecule has 198 valence electrons. The van der Waals surface area contributed by atoms with Crippen molar-refractivity contribution in [3.05, 3.63) is 53.6 Å². The predicted octanol–water partition coefficient (Wildman–Crippen LogP) is 2.97. The number of aryl methyl sites for hydroxylation is 1. The summed E-state index contributed by atoms with van der Waals surface area (Å²) in [5, 5.41) is 2.86. The second-order valence-corrected chi connectivity index (χ2v) is 11.0. The molecule has 2 aromatic carbocycles. The number of carbonyl (C=O) groups excluding carboxylic acids is 2. The van der Waals surface area contributed by atoms with Crippen molar-refractivity contribution in [2.75, 3.05) is 37.9 Å². The quantitative estimate of drug-likeness (QED) is 0.462. The Morgan fingerprint density at radius 2 is 1.72 bits per heavy atom. The lowest BCUT2D eigenvalue weighted by Gasteiger charge is -2.32. The van der Waals surface area contributed by atoms with Gasteiger partial charge in [-0.15, -0.1) is 0 Å². The van der Waals surface area contributed by atoms with Crippen LogP contribution < -0.4 is 19.1 Å². The van der Waals surface area contributed by atoms with Crippen LogP contribution in [-0.2, 0) is 26.2 Å². The molecule has 0 saturated heterocycles. The van der Waals surface area contributed by atoms with Gasteiger partial charge in [-0.3, -0.25) is 13.9 Å². The summed E-state index contributed by atoms with van der Waals surface area (Å²) in [7, 11) is -1.03. The van der Waals surface area contributed by atoms with Crippen LogP contribution in [0, 0.1) is 12.8 Å². The molecule has 0 aromatic heterocycles. The van der Waals surface area contributed by atoms with E-state index in [2.05, 4.69) is 5.32 Å². The van der Waals surface area contributed by atoms with E-state index < -0.39 is 28.5 Å². The van der Waals surface area contributed by atoms with Gasteiger partial charge in [-0.2, -0.15) is 0 Å². The maximum absolute atomic E-state index is 13.7. The van der Waals surface area contributed by atoms with Gasteiger partial charge in [0.15, 0.2) is 0 Å². The molecule has 2 rings (SSSR count). The maximum atomic E-state index is 13.7. The summed E-state index contributed by atoms with van der Waals surface area (Å²) in [6.07, 6.45) is 1.02. The monoisotopic (exact) mass is 519 g/mol. The molecule has 9 nitrogen and oxygen atoms in total. The van der Waals surface area contributed by atoms with Crippen molar-refractivity contribution < 1.29 is 27.5 Å². The zero-order chi connectivity index (χ0) is 27.0. The molecule has 0 fully saturated rings. The highest BCUT2D eigenvalue weighted by atomic mass is 32.2. The molecule has 0 saturated carbocycles. The van der Waals surface area contributed by atoms with Gasteiger partial charge in [0.25, 0.3) is 0 Å². The second-order valence-electron chi connectivity index (χ2n) is 9.13. The van der Waals surface area contributed by atoms with Gasteiger partial charge in [-0.25, -0.2) is 8.42 Å². The minimum absolute atomic E-state index is 0.142. The lowest BCUT2D eigenvalue weighted by Crippen LogP contribution is -2.51. The van der Waals surface area contributed by atoms with Crippen molar-refractivity contribution in [1.29, 1.82) is 0 Å². The molecule has 2 amide bonds. The average molecular weight is 520 g/mol. The molecule has 36 heavy (non-hydrogen) atoms.